The highest BCUT2D eigenvalue weighted by molar-refractivity contribution is 5.82. The molecule has 3 rings (SSSR count). The van der Waals surface area contributed by atoms with E-state index in [9.17, 15) is 4.79 Å². The number of hydrogen-bond donors (Lipinski definition) is 2. The predicted molar refractivity (Wildman–Crippen MR) is 77.7 cm³/mol. The van der Waals surface area contributed by atoms with Crippen molar-refractivity contribution in [3.05, 3.63) is 60.1 Å². The van der Waals surface area contributed by atoms with Crippen LogP contribution in [0.4, 0.5) is 0 Å². The standard InChI is InChI=1S/C16H18N2O3/c19-16(14-11-17-8-10-21-14)18-15(13-7-4-9-20-13)12-5-2-1-3-6-12/h1-7,9,14-15,17H,8,10-11H2,(H,18,19). The third-order valence-electron chi connectivity index (χ3n) is 3.47. The number of morpholine rings is 1. The molecule has 0 bridgehead atoms. The van der Waals surface area contributed by atoms with Crippen LogP contribution in [-0.2, 0) is 9.53 Å². The van der Waals surface area contributed by atoms with Crippen molar-refractivity contribution in [3.63, 3.8) is 0 Å². The largest absolute Gasteiger partial charge is 0.467 e. The molecule has 2 aromatic rings. The average molecular weight is 286 g/mol. The molecule has 2 heterocycles. The topological polar surface area (TPSA) is 63.5 Å². The molecule has 2 N–H and O–H groups in total. The number of furan rings is 1. The maximum absolute atomic E-state index is 12.4. The molecule has 1 fully saturated rings. The van der Waals surface area contributed by atoms with Gasteiger partial charge in [-0.25, -0.2) is 0 Å². The van der Waals surface area contributed by atoms with Crippen molar-refractivity contribution < 1.29 is 13.9 Å². The third-order valence-corrected chi connectivity index (χ3v) is 3.47. The Hall–Kier alpha value is -2.11. The molecule has 1 aliphatic heterocycles. The fraction of sp³-hybridized carbons (Fsp3) is 0.312. The molecule has 21 heavy (non-hydrogen) atoms. The summed E-state index contributed by atoms with van der Waals surface area (Å²) in [5, 5.41) is 6.16. The van der Waals surface area contributed by atoms with E-state index in [1.165, 1.54) is 0 Å². The third kappa shape index (κ3) is 3.32. The Morgan fingerprint density at radius 2 is 2.10 bits per heavy atom. The van der Waals surface area contributed by atoms with Gasteiger partial charge in [-0.1, -0.05) is 30.3 Å². The molecule has 1 aromatic heterocycles. The van der Waals surface area contributed by atoms with Crippen LogP contribution in [0.5, 0.6) is 0 Å². The molecular weight excluding hydrogens is 268 g/mol. The minimum atomic E-state index is -0.458. The second-order valence-corrected chi connectivity index (χ2v) is 4.93. The molecule has 5 heteroatoms. The fourth-order valence-corrected chi connectivity index (χ4v) is 2.39. The van der Waals surface area contributed by atoms with Gasteiger partial charge in [0.15, 0.2) is 0 Å². The monoisotopic (exact) mass is 286 g/mol. The zero-order valence-electron chi connectivity index (χ0n) is 11.6. The quantitative estimate of drug-likeness (QED) is 0.893. The number of hydrogen-bond acceptors (Lipinski definition) is 4. The van der Waals surface area contributed by atoms with Crippen LogP contribution in [0.25, 0.3) is 0 Å². The van der Waals surface area contributed by atoms with Gasteiger partial charge in [0, 0.05) is 13.1 Å². The smallest absolute Gasteiger partial charge is 0.251 e. The van der Waals surface area contributed by atoms with Crippen LogP contribution in [0.3, 0.4) is 0 Å². The average Bonchev–Trinajstić information content (AvgIpc) is 3.08. The van der Waals surface area contributed by atoms with E-state index in [2.05, 4.69) is 10.6 Å². The van der Waals surface area contributed by atoms with Crippen molar-refractivity contribution in [2.24, 2.45) is 0 Å². The number of nitrogens with one attached hydrogen (secondary N) is 2. The molecule has 5 nitrogen and oxygen atoms in total. The number of rotatable bonds is 4. The number of ether oxygens (including phenoxy) is 1. The molecular formula is C16H18N2O3. The molecule has 0 aliphatic carbocycles. The van der Waals surface area contributed by atoms with E-state index in [0.717, 1.165) is 12.1 Å². The Bertz CT molecular complexity index is 562. The van der Waals surface area contributed by atoms with E-state index in [1.807, 2.05) is 42.5 Å². The predicted octanol–water partition coefficient (Wildman–Crippen LogP) is 1.47. The lowest BCUT2D eigenvalue weighted by atomic mass is 10.0. The van der Waals surface area contributed by atoms with Crippen molar-refractivity contribution in [1.82, 2.24) is 10.6 Å². The number of carbonyl (C=O) groups excluding carboxylic acids is 1. The summed E-state index contributed by atoms with van der Waals surface area (Å²) in [5.41, 5.74) is 0.976. The molecule has 0 spiro atoms. The zero-order valence-corrected chi connectivity index (χ0v) is 11.6. The van der Waals surface area contributed by atoms with Crippen molar-refractivity contribution in [3.8, 4) is 0 Å². The SMILES string of the molecule is O=C(NC(c1ccccc1)c1ccco1)C1CNCCO1. The van der Waals surface area contributed by atoms with Gasteiger partial charge >= 0.3 is 0 Å². The first-order chi connectivity index (χ1) is 10.3. The molecule has 0 saturated carbocycles. The van der Waals surface area contributed by atoms with E-state index >= 15 is 0 Å². The van der Waals surface area contributed by atoms with Crippen LogP contribution in [0, 0.1) is 0 Å². The first-order valence-electron chi connectivity index (χ1n) is 7.05. The van der Waals surface area contributed by atoms with Gasteiger partial charge in [-0.05, 0) is 17.7 Å². The van der Waals surface area contributed by atoms with Crippen molar-refractivity contribution in [1.29, 1.82) is 0 Å². The maximum atomic E-state index is 12.4. The highest BCUT2D eigenvalue weighted by atomic mass is 16.5. The molecule has 1 aliphatic rings. The Labute approximate surface area is 123 Å². The highest BCUT2D eigenvalue weighted by Gasteiger charge is 2.26. The molecule has 1 saturated heterocycles. The van der Waals surface area contributed by atoms with Crippen molar-refractivity contribution in [2.75, 3.05) is 19.7 Å². The maximum Gasteiger partial charge on any atom is 0.251 e. The lowest BCUT2D eigenvalue weighted by molar-refractivity contribution is -0.134. The van der Waals surface area contributed by atoms with Crippen LogP contribution >= 0.6 is 0 Å². The van der Waals surface area contributed by atoms with Gasteiger partial charge in [-0.15, -0.1) is 0 Å². The lowest BCUT2D eigenvalue weighted by Gasteiger charge is -2.25. The Morgan fingerprint density at radius 1 is 1.24 bits per heavy atom. The van der Waals surface area contributed by atoms with Gasteiger partial charge in [0.1, 0.15) is 17.9 Å². The molecule has 2 unspecified atom stereocenters. The molecule has 1 amide bonds. The Morgan fingerprint density at radius 3 is 2.76 bits per heavy atom. The van der Waals surface area contributed by atoms with Crippen LogP contribution in [0.15, 0.2) is 53.1 Å². The normalized spacial score (nSPS) is 19.9. The van der Waals surface area contributed by atoms with Crippen LogP contribution in [0.1, 0.15) is 17.4 Å². The van der Waals surface area contributed by atoms with E-state index in [4.69, 9.17) is 9.15 Å². The van der Waals surface area contributed by atoms with Crippen LogP contribution < -0.4 is 10.6 Å². The van der Waals surface area contributed by atoms with Gasteiger partial charge in [-0.3, -0.25) is 4.79 Å². The van der Waals surface area contributed by atoms with Crippen LogP contribution in [0.2, 0.25) is 0 Å². The molecule has 0 radical (unpaired) electrons. The summed E-state index contributed by atoms with van der Waals surface area (Å²) >= 11 is 0. The van der Waals surface area contributed by atoms with Gasteiger partial charge < -0.3 is 19.8 Å². The summed E-state index contributed by atoms with van der Waals surface area (Å²) < 4.78 is 11.0. The number of amides is 1. The first kappa shape index (κ1) is 13.9. The Balaban J connectivity index is 1.78. The zero-order chi connectivity index (χ0) is 14.5. The summed E-state index contributed by atoms with van der Waals surface area (Å²) in [4.78, 5) is 12.4. The van der Waals surface area contributed by atoms with E-state index in [0.29, 0.717) is 18.9 Å². The van der Waals surface area contributed by atoms with Crippen molar-refractivity contribution >= 4 is 5.91 Å². The summed E-state index contributed by atoms with van der Waals surface area (Å²) in [6, 6.07) is 13.1. The minimum absolute atomic E-state index is 0.132. The van der Waals surface area contributed by atoms with Gasteiger partial charge in [0.2, 0.25) is 0 Å². The molecule has 1 aromatic carbocycles. The van der Waals surface area contributed by atoms with E-state index < -0.39 is 6.10 Å². The van der Waals surface area contributed by atoms with Crippen molar-refractivity contribution in [2.45, 2.75) is 12.1 Å². The van der Waals surface area contributed by atoms with Gasteiger partial charge in [-0.2, -0.15) is 0 Å². The van der Waals surface area contributed by atoms with Crippen LogP contribution in [-0.4, -0.2) is 31.7 Å². The van der Waals surface area contributed by atoms with Gasteiger partial charge in [0.25, 0.3) is 5.91 Å². The second kappa shape index (κ2) is 6.56. The van der Waals surface area contributed by atoms with E-state index in [-0.39, 0.29) is 11.9 Å². The Kier molecular flexibility index (Phi) is 4.33. The van der Waals surface area contributed by atoms with E-state index in [1.54, 1.807) is 6.26 Å². The number of benzene rings is 1. The summed E-state index contributed by atoms with van der Waals surface area (Å²) in [5.74, 6) is 0.575. The highest BCUT2D eigenvalue weighted by Crippen LogP contribution is 2.22. The lowest BCUT2D eigenvalue weighted by Crippen LogP contribution is -2.48. The first-order valence-corrected chi connectivity index (χ1v) is 7.05. The fourth-order valence-electron chi connectivity index (χ4n) is 2.39. The molecule has 110 valence electrons. The summed E-state index contributed by atoms with van der Waals surface area (Å²) in [6.07, 6.45) is 1.15. The summed E-state index contributed by atoms with van der Waals surface area (Å²) in [7, 11) is 0. The number of carbonyl (C=O) groups is 1. The second-order valence-electron chi connectivity index (χ2n) is 4.93. The molecule has 2 atom stereocenters. The summed E-state index contributed by atoms with van der Waals surface area (Å²) in [6.45, 7) is 1.87. The minimum Gasteiger partial charge on any atom is -0.467 e. The van der Waals surface area contributed by atoms with Gasteiger partial charge in [0.05, 0.1) is 12.9 Å².